The molecule has 4 nitrogen and oxygen atoms in total. The first-order chi connectivity index (χ1) is 9.40. The molecule has 0 saturated carbocycles. The first-order valence-electron chi connectivity index (χ1n) is 8.06. The van der Waals surface area contributed by atoms with Crippen molar-refractivity contribution in [3.05, 3.63) is 0 Å². The van der Waals surface area contributed by atoms with Crippen LogP contribution in [0.25, 0.3) is 0 Å². The lowest BCUT2D eigenvalue weighted by Gasteiger charge is -2.37. The van der Waals surface area contributed by atoms with Crippen molar-refractivity contribution < 1.29 is 6.22 Å². The van der Waals surface area contributed by atoms with Crippen LogP contribution >= 0.6 is 0 Å². The minimum atomic E-state index is 0. The van der Waals surface area contributed by atoms with Crippen molar-refractivity contribution in [3.8, 4) is 0 Å². The highest BCUT2D eigenvalue weighted by Crippen LogP contribution is 2.15. The average molecular weight is 287 g/mol. The van der Waals surface area contributed by atoms with E-state index in [1.54, 1.807) is 6.92 Å². The number of likely N-dealkylation sites (tertiary alicyclic amines) is 1. The van der Waals surface area contributed by atoms with E-state index in [4.69, 9.17) is 0 Å². The first-order valence-corrected chi connectivity index (χ1v) is 8.06. The first kappa shape index (κ1) is 19.4. The predicted octanol–water partition coefficient (Wildman–Crippen LogP) is 2.45. The third kappa shape index (κ3) is 7.25. The summed E-state index contributed by atoms with van der Waals surface area (Å²) in [4.78, 5) is 16.0. The van der Waals surface area contributed by atoms with E-state index in [9.17, 15) is 4.79 Å². The normalized spacial score (nSPS) is 18.6. The largest absolute Gasteiger partial charge is 0.352 e. The number of hydrogen-bond acceptors (Lipinski definition) is 3. The summed E-state index contributed by atoms with van der Waals surface area (Å²) < 4.78 is 0. The number of carbonyl (C=O) groups is 1. The maximum Gasteiger partial charge on any atom is 0.217 e. The minimum absolute atomic E-state index is 0. The predicted molar refractivity (Wildman–Crippen MR) is 89.1 cm³/mol. The van der Waals surface area contributed by atoms with Gasteiger partial charge < -0.3 is 15.1 Å². The van der Waals surface area contributed by atoms with Crippen molar-refractivity contribution in [3.63, 3.8) is 0 Å². The molecule has 0 aromatic rings. The van der Waals surface area contributed by atoms with Crippen molar-refractivity contribution in [2.24, 2.45) is 5.92 Å². The molecular formula is C16H37N3O. The molecule has 4 heteroatoms. The number of carbonyl (C=O) groups excluding carboxylic acids is 1. The van der Waals surface area contributed by atoms with Gasteiger partial charge in [0.25, 0.3) is 0 Å². The highest BCUT2D eigenvalue weighted by atomic mass is 16.1. The molecule has 0 aromatic heterocycles. The summed E-state index contributed by atoms with van der Waals surface area (Å²) >= 11 is 0. The Labute approximate surface area is 127 Å². The molecular weight excluding hydrogens is 250 g/mol. The van der Waals surface area contributed by atoms with Gasteiger partial charge in [-0.2, -0.15) is 0 Å². The molecule has 1 aliphatic heterocycles. The summed E-state index contributed by atoms with van der Waals surface area (Å²) in [7, 11) is 4.32. The topological polar surface area (TPSA) is 35.6 Å². The zero-order valence-electron chi connectivity index (χ0n) is 14.6. The molecule has 1 unspecified atom stereocenters. The van der Waals surface area contributed by atoms with Crippen LogP contribution in [0.15, 0.2) is 0 Å². The van der Waals surface area contributed by atoms with Gasteiger partial charge in [0.1, 0.15) is 0 Å². The summed E-state index contributed by atoms with van der Waals surface area (Å²) in [5.74, 6) is 0.567. The summed E-state index contributed by atoms with van der Waals surface area (Å²) in [6.07, 6.45) is 2.47. The second kappa shape index (κ2) is 10.2. The molecule has 0 aromatic carbocycles. The maximum absolute atomic E-state index is 11.2. The quantitative estimate of drug-likeness (QED) is 0.843. The summed E-state index contributed by atoms with van der Waals surface area (Å²) in [5.41, 5.74) is 0. The lowest BCUT2D eigenvalue weighted by Crippen LogP contribution is -2.50. The highest BCUT2D eigenvalue weighted by Gasteiger charge is 2.24. The van der Waals surface area contributed by atoms with E-state index < -0.39 is 0 Å². The zero-order chi connectivity index (χ0) is 15.7. The molecule has 20 heavy (non-hydrogen) atoms. The van der Waals surface area contributed by atoms with Crippen molar-refractivity contribution in [2.45, 2.75) is 59.5 Å². The van der Waals surface area contributed by atoms with Gasteiger partial charge in [0.05, 0.1) is 0 Å². The lowest BCUT2D eigenvalue weighted by atomic mass is 10.00. The molecule has 1 atom stereocenters. The standard InChI is InChI=1S/C14H29N3O.C2H6.H2/c1-11(2)14(15-12(3)18)10-17-8-6-13(7-9-17)16(4)5;1-2;/h11,13-14H,6-10H2,1-5H3,(H,15,18);1-2H3;1H. The van der Waals surface area contributed by atoms with E-state index >= 15 is 0 Å². The van der Waals surface area contributed by atoms with Gasteiger partial charge in [0.2, 0.25) is 5.91 Å². The molecule has 1 saturated heterocycles. The number of piperidine rings is 1. The van der Waals surface area contributed by atoms with Crippen LogP contribution in [-0.4, -0.2) is 61.5 Å². The molecule has 1 fully saturated rings. The molecule has 1 heterocycles. The Morgan fingerprint density at radius 1 is 1.30 bits per heavy atom. The Bertz CT molecular complexity index is 264. The Balaban J connectivity index is 0. The van der Waals surface area contributed by atoms with Crippen LogP contribution in [0.4, 0.5) is 0 Å². The van der Waals surface area contributed by atoms with Gasteiger partial charge in [-0.15, -0.1) is 0 Å². The van der Waals surface area contributed by atoms with Gasteiger partial charge in [-0.3, -0.25) is 4.79 Å². The SMILES string of the molecule is CC.CC(=O)NC(CN1CCC(N(C)C)CC1)C(C)C.[HH]. The molecule has 0 bridgehead atoms. The minimum Gasteiger partial charge on any atom is -0.352 e. The Morgan fingerprint density at radius 2 is 1.80 bits per heavy atom. The van der Waals surface area contributed by atoms with Crippen LogP contribution in [0.2, 0.25) is 0 Å². The fraction of sp³-hybridized carbons (Fsp3) is 0.938. The van der Waals surface area contributed by atoms with E-state index in [0.717, 1.165) is 25.7 Å². The van der Waals surface area contributed by atoms with Crippen LogP contribution in [0.3, 0.4) is 0 Å². The Morgan fingerprint density at radius 3 is 2.15 bits per heavy atom. The number of amides is 1. The van der Waals surface area contributed by atoms with E-state index in [-0.39, 0.29) is 13.4 Å². The molecule has 0 spiro atoms. The molecule has 0 radical (unpaired) electrons. The Kier molecular flexibility index (Phi) is 9.86. The van der Waals surface area contributed by atoms with Crippen molar-refractivity contribution in [2.75, 3.05) is 33.7 Å². The fourth-order valence-electron chi connectivity index (χ4n) is 2.58. The van der Waals surface area contributed by atoms with Gasteiger partial charge in [-0.05, 0) is 45.9 Å². The second-order valence-electron chi connectivity index (χ2n) is 6.05. The van der Waals surface area contributed by atoms with Crippen LogP contribution in [0.5, 0.6) is 0 Å². The van der Waals surface area contributed by atoms with Gasteiger partial charge >= 0.3 is 0 Å². The van der Waals surface area contributed by atoms with Crippen LogP contribution < -0.4 is 5.32 Å². The summed E-state index contributed by atoms with van der Waals surface area (Å²) in [5, 5.41) is 3.07. The fourth-order valence-corrected chi connectivity index (χ4v) is 2.58. The van der Waals surface area contributed by atoms with Crippen LogP contribution in [-0.2, 0) is 4.79 Å². The summed E-state index contributed by atoms with van der Waals surface area (Å²) in [6.45, 7) is 13.2. The van der Waals surface area contributed by atoms with E-state index in [0.29, 0.717) is 5.92 Å². The van der Waals surface area contributed by atoms with Crippen molar-refractivity contribution in [1.82, 2.24) is 15.1 Å². The van der Waals surface area contributed by atoms with Gasteiger partial charge in [0, 0.05) is 27.0 Å². The number of nitrogens with zero attached hydrogens (tertiary/aromatic N) is 2. The molecule has 1 aliphatic rings. The number of nitrogens with one attached hydrogen (secondary N) is 1. The van der Waals surface area contributed by atoms with E-state index in [2.05, 4.69) is 43.1 Å². The highest BCUT2D eigenvalue weighted by molar-refractivity contribution is 5.73. The Hall–Kier alpha value is -0.610. The molecule has 1 rings (SSSR count). The molecule has 1 amide bonds. The summed E-state index contributed by atoms with van der Waals surface area (Å²) in [6, 6.07) is 0.998. The third-order valence-electron chi connectivity index (χ3n) is 3.94. The monoisotopic (exact) mass is 287 g/mol. The van der Waals surface area contributed by atoms with E-state index in [1.165, 1.54) is 12.8 Å². The zero-order valence-corrected chi connectivity index (χ0v) is 14.6. The maximum atomic E-state index is 11.2. The van der Waals surface area contributed by atoms with Crippen molar-refractivity contribution >= 4 is 5.91 Å². The van der Waals surface area contributed by atoms with Gasteiger partial charge in [0.15, 0.2) is 0 Å². The molecule has 1 N–H and O–H groups in total. The molecule has 0 aliphatic carbocycles. The van der Waals surface area contributed by atoms with Gasteiger partial charge in [-0.1, -0.05) is 27.7 Å². The van der Waals surface area contributed by atoms with E-state index in [1.807, 2.05) is 13.8 Å². The average Bonchev–Trinajstić information content (AvgIpc) is 2.40. The number of hydrogen-bond donors (Lipinski definition) is 1. The number of rotatable bonds is 5. The van der Waals surface area contributed by atoms with Crippen molar-refractivity contribution in [1.29, 1.82) is 0 Å². The van der Waals surface area contributed by atoms with Crippen LogP contribution in [0, 0.1) is 5.92 Å². The smallest absolute Gasteiger partial charge is 0.217 e. The van der Waals surface area contributed by atoms with Gasteiger partial charge in [-0.25, -0.2) is 0 Å². The second-order valence-corrected chi connectivity index (χ2v) is 6.05. The third-order valence-corrected chi connectivity index (χ3v) is 3.94. The molecule has 122 valence electrons. The van der Waals surface area contributed by atoms with Crippen LogP contribution in [0.1, 0.15) is 48.9 Å². The lowest BCUT2D eigenvalue weighted by molar-refractivity contribution is -0.120.